The highest BCUT2D eigenvalue weighted by atomic mass is 35.5. The number of halogens is 4. The number of amides is 1. The van der Waals surface area contributed by atoms with Gasteiger partial charge in [-0.2, -0.15) is 13.2 Å². The van der Waals surface area contributed by atoms with E-state index in [1.165, 1.54) is 49.6 Å². The zero-order valence-corrected chi connectivity index (χ0v) is 20.9. The SMILES string of the molecule is CN(CCNS(=O)(=O)c1cc(S(=O)(=O)c2ccccc2)ccc1C(F)(F)F)C(=O)c1cccnc1Cl. The van der Waals surface area contributed by atoms with Gasteiger partial charge >= 0.3 is 6.18 Å². The normalized spacial score (nSPS) is 12.4. The zero-order chi connectivity index (χ0) is 26.7. The average molecular weight is 562 g/mol. The van der Waals surface area contributed by atoms with Crippen molar-refractivity contribution < 1.29 is 34.8 Å². The van der Waals surface area contributed by atoms with Crippen LogP contribution in [0.15, 0.2) is 81.5 Å². The molecular formula is C22H19ClF3N3O5S2. The third-order valence-electron chi connectivity index (χ3n) is 4.99. The number of nitrogens with one attached hydrogen (secondary N) is 1. The van der Waals surface area contributed by atoms with Gasteiger partial charge in [-0.15, -0.1) is 0 Å². The minimum Gasteiger partial charge on any atom is -0.340 e. The molecular weight excluding hydrogens is 543 g/mol. The standard InChI is InChI=1S/C22H19ClF3N3O5S2/c1-29(21(30)17-8-5-11-27-20(17)23)13-12-28-36(33,34)19-14-16(9-10-18(19)22(24,25)26)35(31,32)15-6-3-2-4-7-15/h2-11,14,28H,12-13H2,1H3. The summed E-state index contributed by atoms with van der Waals surface area (Å²) < 4.78 is 94.2. The molecule has 0 saturated carbocycles. The maximum absolute atomic E-state index is 13.6. The fraction of sp³-hybridized carbons (Fsp3) is 0.182. The lowest BCUT2D eigenvalue weighted by atomic mass is 10.2. The number of carbonyl (C=O) groups excluding carboxylic acids is 1. The van der Waals surface area contributed by atoms with Gasteiger partial charge in [0, 0.05) is 26.3 Å². The van der Waals surface area contributed by atoms with Crippen molar-refractivity contribution in [2.24, 2.45) is 0 Å². The minimum atomic E-state index is -5.08. The number of pyridine rings is 1. The van der Waals surface area contributed by atoms with Gasteiger partial charge in [0.25, 0.3) is 5.91 Å². The minimum absolute atomic E-state index is 0.0581. The summed E-state index contributed by atoms with van der Waals surface area (Å²) >= 11 is 5.88. The number of benzene rings is 2. The first-order chi connectivity index (χ1) is 16.7. The summed E-state index contributed by atoms with van der Waals surface area (Å²) in [7, 11) is -7.80. The van der Waals surface area contributed by atoms with Crippen LogP contribution in [-0.2, 0) is 26.0 Å². The van der Waals surface area contributed by atoms with E-state index in [1.54, 1.807) is 6.07 Å². The van der Waals surface area contributed by atoms with Gasteiger partial charge in [0.2, 0.25) is 19.9 Å². The smallest absolute Gasteiger partial charge is 0.340 e. The van der Waals surface area contributed by atoms with E-state index >= 15 is 0 Å². The molecule has 0 fully saturated rings. The van der Waals surface area contributed by atoms with Crippen LogP contribution < -0.4 is 4.72 Å². The number of sulfonamides is 1. The van der Waals surface area contributed by atoms with E-state index in [2.05, 4.69) is 4.98 Å². The van der Waals surface area contributed by atoms with Gasteiger partial charge in [-0.1, -0.05) is 29.8 Å². The second kappa shape index (κ2) is 10.5. The summed E-state index contributed by atoms with van der Waals surface area (Å²) in [6, 6.07) is 11.3. The molecule has 3 aromatic rings. The molecule has 1 N–H and O–H groups in total. The Hall–Kier alpha value is -3.00. The molecule has 36 heavy (non-hydrogen) atoms. The predicted octanol–water partition coefficient (Wildman–Crippen LogP) is 3.64. The molecule has 0 aliphatic carbocycles. The molecule has 14 heteroatoms. The molecule has 0 bridgehead atoms. The first-order valence-electron chi connectivity index (χ1n) is 10.1. The van der Waals surface area contributed by atoms with Gasteiger partial charge in [0.15, 0.2) is 0 Å². The lowest BCUT2D eigenvalue weighted by Gasteiger charge is -2.19. The molecule has 192 valence electrons. The maximum atomic E-state index is 13.6. The number of alkyl halides is 3. The Morgan fingerprint density at radius 3 is 2.28 bits per heavy atom. The molecule has 0 radical (unpaired) electrons. The molecule has 1 aromatic heterocycles. The summed E-state index contributed by atoms with van der Waals surface area (Å²) in [5.74, 6) is -0.584. The third kappa shape index (κ3) is 6.03. The van der Waals surface area contributed by atoms with E-state index < -0.39 is 53.8 Å². The number of rotatable bonds is 8. The van der Waals surface area contributed by atoms with Crippen molar-refractivity contribution in [1.29, 1.82) is 0 Å². The largest absolute Gasteiger partial charge is 0.417 e. The van der Waals surface area contributed by atoms with Crippen LogP contribution in [-0.4, -0.2) is 52.8 Å². The van der Waals surface area contributed by atoms with Crippen molar-refractivity contribution in [3.63, 3.8) is 0 Å². The Morgan fingerprint density at radius 1 is 1.00 bits per heavy atom. The maximum Gasteiger partial charge on any atom is 0.417 e. The van der Waals surface area contributed by atoms with Crippen molar-refractivity contribution in [3.8, 4) is 0 Å². The van der Waals surface area contributed by atoms with Crippen molar-refractivity contribution in [2.45, 2.75) is 20.9 Å². The highest BCUT2D eigenvalue weighted by molar-refractivity contribution is 7.91. The van der Waals surface area contributed by atoms with Gasteiger partial charge in [-0.3, -0.25) is 4.79 Å². The van der Waals surface area contributed by atoms with E-state index in [1.807, 2.05) is 4.72 Å². The van der Waals surface area contributed by atoms with Crippen LogP contribution in [0, 0.1) is 0 Å². The molecule has 2 aromatic carbocycles. The topological polar surface area (TPSA) is 114 Å². The Labute approximate surface area is 210 Å². The molecule has 0 spiro atoms. The summed E-state index contributed by atoms with van der Waals surface area (Å²) in [6.07, 6.45) is -3.71. The van der Waals surface area contributed by atoms with E-state index in [-0.39, 0.29) is 22.2 Å². The summed E-state index contributed by atoms with van der Waals surface area (Å²) in [5.41, 5.74) is -1.48. The van der Waals surface area contributed by atoms with Gasteiger partial charge in [-0.05, 0) is 42.5 Å². The van der Waals surface area contributed by atoms with Crippen LogP contribution in [0.4, 0.5) is 13.2 Å². The molecule has 0 aliphatic rings. The van der Waals surface area contributed by atoms with E-state index in [4.69, 9.17) is 11.6 Å². The van der Waals surface area contributed by atoms with Gasteiger partial charge in [0.1, 0.15) is 5.15 Å². The lowest BCUT2D eigenvalue weighted by molar-refractivity contribution is -0.139. The van der Waals surface area contributed by atoms with Crippen molar-refractivity contribution in [1.82, 2.24) is 14.6 Å². The third-order valence-corrected chi connectivity index (χ3v) is 8.56. The van der Waals surface area contributed by atoms with Crippen molar-refractivity contribution in [3.05, 3.63) is 83.1 Å². The number of carbonyl (C=O) groups is 1. The predicted molar refractivity (Wildman–Crippen MR) is 125 cm³/mol. The first-order valence-corrected chi connectivity index (χ1v) is 13.5. The number of aromatic nitrogens is 1. The Balaban J connectivity index is 1.88. The van der Waals surface area contributed by atoms with Gasteiger partial charge in [-0.25, -0.2) is 26.5 Å². The monoisotopic (exact) mass is 561 g/mol. The van der Waals surface area contributed by atoms with Crippen molar-refractivity contribution >= 4 is 37.4 Å². The molecule has 0 saturated heterocycles. The number of hydrogen-bond acceptors (Lipinski definition) is 6. The van der Waals surface area contributed by atoms with Crippen LogP contribution >= 0.6 is 11.6 Å². The number of sulfone groups is 1. The fourth-order valence-electron chi connectivity index (χ4n) is 3.14. The fourth-order valence-corrected chi connectivity index (χ4v) is 5.99. The average Bonchev–Trinajstić information content (AvgIpc) is 2.83. The van der Waals surface area contributed by atoms with Crippen LogP contribution in [0.1, 0.15) is 15.9 Å². The molecule has 0 atom stereocenters. The summed E-state index contributed by atoms with van der Waals surface area (Å²) in [4.78, 5) is 15.3. The number of nitrogens with zero attached hydrogens (tertiary/aromatic N) is 2. The molecule has 1 heterocycles. The molecule has 0 aliphatic heterocycles. The molecule has 3 rings (SSSR count). The second-order valence-electron chi connectivity index (χ2n) is 7.44. The quantitative estimate of drug-likeness (QED) is 0.420. The highest BCUT2D eigenvalue weighted by Gasteiger charge is 2.38. The van der Waals surface area contributed by atoms with E-state index in [9.17, 15) is 34.8 Å². The van der Waals surface area contributed by atoms with Gasteiger partial charge < -0.3 is 4.90 Å². The Morgan fingerprint density at radius 2 is 1.67 bits per heavy atom. The Bertz CT molecular complexity index is 1480. The van der Waals surface area contributed by atoms with Crippen LogP contribution in [0.25, 0.3) is 0 Å². The zero-order valence-electron chi connectivity index (χ0n) is 18.5. The Kier molecular flexibility index (Phi) is 8.08. The summed E-state index contributed by atoms with van der Waals surface area (Å²) in [5, 5.41) is -0.0683. The second-order valence-corrected chi connectivity index (χ2v) is 11.5. The van der Waals surface area contributed by atoms with E-state index in [0.717, 1.165) is 4.90 Å². The number of hydrogen-bond donors (Lipinski definition) is 1. The van der Waals surface area contributed by atoms with E-state index in [0.29, 0.717) is 18.2 Å². The lowest BCUT2D eigenvalue weighted by Crippen LogP contribution is -2.36. The molecule has 1 amide bonds. The summed E-state index contributed by atoms with van der Waals surface area (Å²) in [6.45, 7) is -0.692. The molecule has 0 unspecified atom stereocenters. The first kappa shape index (κ1) is 27.6. The van der Waals surface area contributed by atoms with Crippen LogP contribution in [0.5, 0.6) is 0 Å². The van der Waals surface area contributed by atoms with Crippen molar-refractivity contribution in [2.75, 3.05) is 20.1 Å². The van der Waals surface area contributed by atoms with Gasteiger partial charge in [0.05, 0.1) is 25.8 Å². The number of likely N-dealkylation sites (N-methyl/N-ethyl adjacent to an activating group) is 1. The van der Waals surface area contributed by atoms with Crippen LogP contribution in [0.2, 0.25) is 5.15 Å². The van der Waals surface area contributed by atoms with Crippen LogP contribution in [0.3, 0.4) is 0 Å². The highest BCUT2D eigenvalue weighted by Crippen LogP contribution is 2.36. The molecule has 8 nitrogen and oxygen atoms in total.